The fraction of sp³-hybridized carbons (Fsp3) is 1.00. The Morgan fingerprint density at radius 2 is 1.57 bits per heavy atom. The maximum absolute atomic E-state index is 10.4. The predicted octanol–water partition coefficient (Wildman–Crippen LogP) is 0.732. The maximum Gasteiger partial charge on any atom is 0.477 e. The van der Waals surface area contributed by atoms with Crippen molar-refractivity contribution in [1.29, 1.82) is 0 Å². The van der Waals surface area contributed by atoms with Crippen molar-refractivity contribution in [2.45, 2.75) is 39.8 Å². The maximum atomic E-state index is 10.4. The summed E-state index contributed by atoms with van der Waals surface area (Å²) in [6.45, 7) is 6.17. The summed E-state index contributed by atoms with van der Waals surface area (Å²) in [6.07, 6.45) is 0.961. The lowest BCUT2D eigenvalue weighted by atomic mass is 10.5. The van der Waals surface area contributed by atoms with Crippen molar-refractivity contribution in [2.75, 3.05) is 13.2 Å². The SMILES string of the molecule is CC(N)O.CCCO[N+](=O)OCCC. The molecule has 0 spiro atoms. The molecular formula is C8H21N2O4+. The van der Waals surface area contributed by atoms with Gasteiger partial charge in [-0.1, -0.05) is 13.8 Å². The summed E-state index contributed by atoms with van der Waals surface area (Å²) in [4.78, 5) is 19.5. The van der Waals surface area contributed by atoms with Gasteiger partial charge in [0, 0.05) is 0 Å². The van der Waals surface area contributed by atoms with Gasteiger partial charge in [0.15, 0.2) is 13.2 Å². The monoisotopic (exact) mass is 209 g/mol. The van der Waals surface area contributed by atoms with Crippen LogP contribution in [-0.4, -0.2) is 29.6 Å². The van der Waals surface area contributed by atoms with E-state index in [0.717, 1.165) is 12.8 Å². The van der Waals surface area contributed by atoms with Crippen molar-refractivity contribution < 1.29 is 19.9 Å². The summed E-state index contributed by atoms with van der Waals surface area (Å²) in [5, 5.41) is 8.01. The molecular weight excluding hydrogens is 188 g/mol. The Balaban J connectivity index is 0. The minimum absolute atomic E-state index is 0.174. The standard InChI is InChI=1S/C6H14NO3.C2H7NO/c1-3-5-9-7(8)10-6-4-2;1-2(3)4/h3-6H2,1-2H3;2,4H,3H2,1H3/q+1;. The number of nitrogens with zero attached hydrogens (tertiary/aromatic N) is 1. The Morgan fingerprint density at radius 1 is 1.29 bits per heavy atom. The molecule has 1 unspecified atom stereocenters. The van der Waals surface area contributed by atoms with Crippen LogP contribution >= 0.6 is 0 Å². The second-order valence-electron chi connectivity index (χ2n) is 2.63. The number of aliphatic hydroxyl groups excluding tert-OH is 1. The first kappa shape index (κ1) is 15.6. The van der Waals surface area contributed by atoms with Crippen LogP contribution < -0.4 is 5.73 Å². The third-order valence-corrected chi connectivity index (χ3v) is 0.802. The van der Waals surface area contributed by atoms with E-state index in [-0.39, 0.29) is 5.09 Å². The lowest BCUT2D eigenvalue weighted by molar-refractivity contribution is -0.981. The molecule has 3 N–H and O–H groups in total. The molecule has 14 heavy (non-hydrogen) atoms. The Hall–Kier alpha value is -0.880. The molecule has 0 aliphatic heterocycles. The Bertz CT molecular complexity index is 118. The molecule has 0 bridgehead atoms. The molecule has 0 saturated carbocycles. The molecule has 6 heteroatoms. The Kier molecular flexibility index (Phi) is 13.5. The molecule has 0 aliphatic rings. The molecule has 0 fully saturated rings. The second kappa shape index (κ2) is 12.1. The minimum atomic E-state index is -0.667. The van der Waals surface area contributed by atoms with Gasteiger partial charge in [-0.2, -0.15) is 9.68 Å². The summed E-state index contributed by atoms with van der Waals surface area (Å²) in [5.41, 5.74) is 4.67. The molecule has 6 nitrogen and oxygen atoms in total. The molecule has 0 aromatic carbocycles. The van der Waals surface area contributed by atoms with Gasteiger partial charge in [0.25, 0.3) is 0 Å². The Labute approximate surface area is 84.5 Å². The van der Waals surface area contributed by atoms with Crippen molar-refractivity contribution in [3.63, 3.8) is 0 Å². The number of nitrogens with two attached hydrogens (primary N) is 1. The zero-order valence-electron chi connectivity index (χ0n) is 9.10. The van der Waals surface area contributed by atoms with Crippen LogP contribution in [0, 0.1) is 4.91 Å². The van der Waals surface area contributed by atoms with Gasteiger partial charge in [0.05, 0.1) is 6.23 Å². The van der Waals surface area contributed by atoms with E-state index < -0.39 is 6.23 Å². The van der Waals surface area contributed by atoms with E-state index in [1.165, 1.54) is 6.92 Å². The van der Waals surface area contributed by atoms with E-state index >= 15 is 0 Å². The van der Waals surface area contributed by atoms with Crippen molar-refractivity contribution >= 4 is 0 Å². The van der Waals surface area contributed by atoms with Gasteiger partial charge < -0.3 is 10.8 Å². The summed E-state index contributed by atoms with van der Waals surface area (Å²) in [7, 11) is 0. The van der Waals surface area contributed by atoms with E-state index in [1.54, 1.807) is 0 Å². The van der Waals surface area contributed by atoms with E-state index in [0.29, 0.717) is 13.2 Å². The fourth-order valence-electron chi connectivity index (χ4n) is 0.369. The van der Waals surface area contributed by atoms with Crippen LogP contribution in [0.5, 0.6) is 0 Å². The van der Waals surface area contributed by atoms with Gasteiger partial charge in [0.1, 0.15) is 4.91 Å². The van der Waals surface area contributed by atoms with E-state index in [9.17, 15) is 4.91 Å². The molecule has 0 saturated heterocycles. The van der Waals surface area contributed by atoms with Crippen molar-refractivity contribution in [3.8, 4) is 0 Å². The smallest absolute Gasteiger partial charge is 0.379 e. The van der Waals surface area contributed by atoms with Gasteiger partial charge in [0.2, 0.25) is 0 Å². The quantitative estimate of drug-likeness (QED) is 0.497. The van der Waals surface area contributed by atoms with Gasteiger partial charge in [-0.25, -0.2) is 0 Å². The van der Waals surface area contributed by atoms with Crippen LogP contribution in [0.25, 0.3) is 0 Å². The minimum Gasteiger partial charge on any atom is -0.379 e. The molecule has 0 aromatic heterocycles. The normalized spacial score (nSPS) is 10.9. The van der Waals surface area contributed by atoms with Gasteiger partial charge >= 0.3 is 5.09 Å². The van der Waals surface area contributed by atoms with Crippen LogP contribution in [0.15, 0.2) is 0 Å². The van der Waals surface area contributed by atoms with Crippen LogP contribution in [0.3, 0.4) is 0 Å². The second-order valence-corrected chi connectivity index (χ2v) is 2.63. The third kappa shape index (κ3) is 22.5. The zero-order chi connectivity index (χ0) is 11.4. The Morgan fingerprint density at radius 3 is 1.79 bits per heavy atom. The average molecular weight is 209 g/mol. The first-order valence-electron chi connectivity index (χ1n) is 4.71. The number of rotatable bonds is 6. The highest BCUT2D eigenvalue weighted by atomic mass is 17.0. The largest absolute Gasteiger partial charge is 0.477 e. The van der Waals surface area contributed by atoms with Crippen LogP contribution in [0.4, 0.5) is 0 Å². The highest BCUT2D eigenvalue weighted by molar-refractivity contribution is 4.16. The number of hydrogen-bond acceptors (Lipinski definition) is 5. The molecule has 0 radical (unpaired) electrons. The van der Waals surface area contributed by atoms with Gasteiger partial charge in [-0.05, 0) is 19.8 Å². The molecule has 0 aromatic rings. The van der Waals surface area contributed by atoms with Crippen LogP contribution in [0.1, 0.15) is 33.6 Å². The summed E-state index contributed by atoms with van der Waals surface area (Å²) in [6, 6.07) is 0. The summed E-state index contributed by atoms with van der Waals surface area (Å²) in [5.74, 6) is 0. The molecule has 1 atom stereocenters. The summed E-state index contributed by atoms with van der Waals surface area (Å²) >= 11 is 0. The first-order chi connectivity index (χ1) is 6.54. The van der Waals surface area contributed by atoms with Gasteiger partial charge in [-0.3, -0.25) is 0 Å². The third-order valence-electron chi connectivity index (χ3n) is 0.802. The molecule has 0 amide bonds. The van der Waals surface area contributed by atoms with Crippen LogP contribution in [-0.2, 0) is 9.68 Å². The fourth-order valence-corrected chi connectivity index (χ4v) is 0.369. The molecule has 86 valence electrons. The average Bonchev–Trinajstić information content (AvgIpc) is 2.10. The summed E-state index contributed by atoms with van der Waals surface area (Å²) < 4.78 is 0. The lowest BCUT2D eigenvalue weighted by Gasteiger charge is -1.89. The number of aliphatic hydroxyl groups is 1. The van der Waals surface area contributed by atoms with E-state index in [1.807, 2.05) is 13.8 Å². The van der Waals surface area contributed by atoms with Gasteiger partial charge in [-0.15, -0.1) is 0 Å². The number of hydrogen-bond donors (Lipinski definition) is 2. The highest BCUT2D eigenvalue weighted by Crippen LogP contribution is 1.85. The molecule has 0 heterocycles. The van der Waals surface area contributed by atoms with E-state index in [2.05, 4.69) is 15.4 Å². The van der Waals surface area contributed by atoms with E-state index in [4.69, 9.17) is 5.11 Å². The molecule has 0 rings (SSSR count). The highest BCUT2D eigenvalue weighted by Gasteiger charge is 2.08. The van der Waals surface area contributed by atoms with Crippen molar-refractivity contribution in [1.82, 2.24) is 0 Å². The van der Waals surface area contributed by atoms with Crippen LogP contribution in [0.2, 0.25) is 0 Å². The first-order valence-corrected chi connectivity index (χ1v) is 4.71. The topological polar surface area (TPSA) is 84.8 Å². The lowest BCUT2D eigenvalue weighted by Crippen LogP contribution is -2.11. The molecule has 0 aliphatic carbocycles. The zero-order valence-corrected chi connectivity index (χ0v) is 9.10. The van der Waals surface area contributed by atoms with Crippen molar-refractivity contribution in [3.05, 3.63) is 4.91 Å². The predicted molar refractivity (Wildman–Crippen MR) is 52.0 cm³/mol. The van der Waals surface area contributed by atoms with Crippen molar-refractivity contribution in [2.24, 2.45) is 5.73 Å².